The summed E-state index contributed by atoms with van der Waals surface area (Å²) in [6, 6.07) is 0. The Labute approximate surface area is 626 Å². The molecule has 0 bridgehead atoms. The van der Waals surface area contributed by atoms with Gasteiger partial charge in [0.1, 0.15) is 19.3 Å². The fraction of sp³-hybridized carbons (Fsp3) is 0.952. The summed E-state index contributed by atoms with van der Waals surface area (Å²) in [6.07, 6.45) is 65.1. The van der Waals surface area contributed by atoms with Gasteiger partial charge in [-0.15, -0.1) is 0 Å². The van der Waals surface area contributed by atoms with Crippen molar-refractivity contribution in [3.8, 4) is 0 Å². The second kappa shape index (κ2) is 74.5. The number of ether oxygens (including phenoxy) is 4. The molecule has 0 saturated carbocycles. The van der Waals surface area contributed by atoms with Crippen molar-refractivity contribution in [3.05, 3.63) is 0 Å². The van der Waals surface area contributed by atoms with Gasteiger partial charge >= 0.3 is 39.5 Å². The van der Waals surface area contributed by atoms with Crippen molar-refractivity contribution < 1.29 is 80.2 Å². The van der Waals surface area contributed by atoms with Crippen LogP contribution in [0.1, 0.15) is 440 Å². The fourth-order valence-electron chi connectivity index (χ4n) is 12.9. The zero-order valence-electron chi connectivity index (χ0n) is 66.9. The maximum Gasteiger partial charge on any atom is 0.472 e. The predicted octanol–water partition coefficient (Wildman–Crippen LogP) is 25.1. The molecule has 606 valence electrons. The van der Waals surface area contributed by atoms with Crippen molar-refractivity contribution in [1.29, 1.82) is 0 Å². The summed E-state index contributed by atoms with van der Waals surface area (Å²) < 4.78 is 68.8. The Balaban J connectivity index is 5.21. The molecule has 17 nitrogen and oxygen atoms in total. The lowest BCUT2D eigenvalue weighted by molar-refractivity contribution is -0.161. The highest BCUT2D eigenvalue weighted by Crippen LogP contribution is 2.45. The second-order valence-electron chi connectivity index (χ2n) is 30.6. The molecule has 102 heavy (non-hydrogen) atoms. The Morgan fingerprint density at radius 1 is 0.284 bits per heavy atom. The summed E-state index contributed by atoms with van der Waals surface area (Å²) in [4.78, 5) is 73.1. The lowest BCUT2D eigenvalue weighted by atomic mass is 9.99. The Morgan fingerprint density at radius 3 is 0.745 bits per heavy atom. The van der Waals surface area contributed by atoms with E-state index in [9.17, 15) is 43.2 Å². The highest BCUT2D eigenvalue weighted by atomic mass is 31.2. The van der Waals surface area contributed by atoms with Gasteiger partial charge in [-0.3, -0.25) is 37.3 Å². The Morgan fingerprint density at radius 2 is 0.500 bits per heavy atom. The Hall–Kier alpha value is -1.94. The molecule has 0 heterocycles. The minimum Gasteiger partial charge on any atom is -0.462 e. The molecule has 19 heteroatoms. The standard InChI is InChI=1S/C83H162O17P2/c1-7-10-12-14-16-18-20-21-31-37-43-49-55-61-67-82(87)99-78(71-93-80(85)65-59-53-47-41-19-17-15-13-11-8-2)73-97-101(89,90)95-69-77(84)70-96-102(91,92)98-74-79(72-94-81(86)66-60-54-48-42-36-33-28-29-34-39-45-51-57-63-75(4)5)100-83(88)68-62-56-50-44-38-32-27-25-23-22-24-26-30-35-40-46-52-58-64-76(6)9-3/h75-79,84H,7-74H2,1-6H3,(H,89,90)(H,91,92)/t76?,77-,78+,79+/m0/s1. The van der Waals surface area contributed by atoms with Gasteiger partial charge in [0, 0.05) is 25.7 Å². The van der Waals surface area contributed by atoms with Crippen LogP contribution in [0.2, 0.25) is 0 Å². The lowest BCUT2D eigenvalue weighted by Gasteiger charge is -2.21. The van der Waals surface area contributed by atoms with E-state index in [0.717, 1.165) is 102 Å². The minimum absolute atomic E-state index is 0.108. The summed E-state index contributed by atoms with van der Waals surface area (Å²) in [6.45, 7) is 9.73. The van der Waals surface area contributed by atoms with Crippen LogP contribution in [-0.4, -0.2) is 96.7 Å². The average molecular weight is 1490 g/mol. The topological polar surface area (TPSA) is 237 Å². The van der Waals surface area contributed by atoms with Crippen LogP contribution in [0.5, 0.6) is 0 Å². The number of rotatable bonds is 82. The van der Waals surface area contributed by atoms with Gasteiger partial charge in [-0.05, 0) is 37.5 Å². The highest BCUT2D eigenvalue weighted by molar-refractivity contribution is 7.47. The quantitative estimate of drug-likeness (QED) is 0.0222. The first-order valence-electron chi connectivity index (χ1n) is 43.0. The van der Waals surface area contributed by atoms with Gasteiger partial charge in [0.05, 0.1) is 26.4 Å². The van der Waals surface area contributed by atoms with E-state index >= 15 is 0 Å². The number of hydrogen-bond acceptors (Lipinski definition) is 15. The normalized spacial score (nSPS) is 14.1. The molecule has 0 rings (SSSR count). The molecule has 0 saturated heterocycles. The molecule has 0 fully saturated rings. The van der Waals surface area contributed by atoms with Crippen LogP contribution in [0.4, 0.5) is 0 Å². The second-order valence-corrected chi connectivity index (χ2v) is 33.5. The maximum atomic E-state index is 13.1. The zero-order chi connectivity index (χ0) is 74.9. The van der Waals surface area contributed by atoms with E-state index in [1.54, 1.807) is 0 Å². The number of aliphatic hydroxyl groups excluding tert-OH is 1. The third kappa shape index (κ3) is 74.9. The van der Waals surface area contributed by atoms with Crippen molar-refractivity contribution in [3.63, 3.8) is 0 Å². The zero-order valence-corrected chi connectivity index (χ0v) is 68.7. The SMILES string of the molecule is CCCCCCCCCCCCCCCCC(=O)O[C@H](COC(=O)CCCCCCCCCCCC)COP(=O)(O)OC[C@H](O)COP(=O)(O)OC[C@@H](COC(=O)CCCCCCCCCCCCCCCC(C)C)OC(=O)CCCCCCCCCCCCCCCCCCCCC(C)CC. The van der Waals surface area contributed by atoms with E-state index in [2.05, 4.69) is 41.5 Å². The lowest BCUT2D eigenvalue weighted by Crippen LogP contribution is -2.30. The first-order valence-corrected chi connectivity index (χ1v) is 46.0. The Kier molecular flexibility index (Phi) is 73.1. The summed E-state index contributed by atoms with van der Waals surface area (Å²) in [5.41, 5.74) is 0. The van der Waals surface area contributed by atoms with Crippen LogP contribution in [-0.2, 0) is 65.4 Å². The van der Waals surface area contributed by atoms with Crippen LogP contribution in [0.3, 0.4) is 0 Å². The predicted molar refractivity (Wildman–Crippen MR) is 418 cm³/mol. The van der Waals surface area contributed by atoms with E-state index < -0.39 is 97.5 Å². The van der Waals surface area contributed by atoms with Crippen LogP contribution >= 0.6 is 15.6 Å². The van der Waals surface area contributed by atoms with Gasteiger partial charge in [-0.25, -0.2) is 9.13 Å². The van der Waals surface area contributed by atoms with Gasteiger partial charge in [0.25, 0.3) is 0 Å². The number of carbonyl (C=O) groups excluding carboxylic acids is 4. The first kappa shape index (κ1) is 100. The Bertz CT molecular complexity index is 1960. The molecule has 0 amide bonds. The monoisotopic (exact) mass is 1490 g/mol. The van der Waals surface area contributed by atoms with Crippen LogP contribution in [0.15, 0.2) is 0 Å². The number of phosphoric acid groups is 2. The number of hydrogen-bond donors (Lipinski definition) is 3. The van der Waals surface area contributed by atoms with Crippen molar-refractivity contribution >= 4 is 39.5 Å². The molecule has 0 radical (unpaired) electrons. The summed E-state index contributed by atoms with van der Waals surface area (Å²) in [7, 11) is -9.92. The molecule has 0 aromatic heterocycles. The van der Waals surface area contributed by atoms with E-state index in [1.807, 2.05) is 0 Å². The minimum atomic E-state index is -4.96. The van der Waals surface area contributed by atoms with E-state index in [0.29, 0.717) is 25.7 Å². The molecule has 0 aromatic carbocycles. The number of esters is 4. The van der Waals surface area contributed by atoms with E-state index in [1.165, 1.54) is 257 Å². The van der Waals surface area contributed by atoms with Gasteiger partial charge in [0.2, 0.25) is 0 Å². The van der Waals surface area contributed by atoms with Gasteiger partial charge in [-0.1, -0.05) is 388 Å². The number of unbranched alkanes of at least 4 members (excludes halogenated alkanes) is 51. The number of carbonyl (C=O) groups is 4. The third-order valence-corrected chi connectivity index (χ3v) is 21.7. The average Bonchev–Trinajstić information content (AvgIpc) is 0.912. The summed E-state index contributed by atoms with van der Waals surface area (Å²) in [5.74, 6) is -0.443. The molecule has 0 aromatic rings. The van der Waals surface area contributed by atoms with E-state index in [4.69, 9.17) is 37.0 Å². The molecule has 0 aliphatic rings. The van der Waals surface area contributed by atoms with E-state index in [-0.39, 0.29) is 25.7 Å². The largest absolute Gasteiger partial charge is 0.472 e. The van der Waals surface area contributed by atoms with Gasteiger partial charge in [-0.2, -0.15) is 0 Å². The first-order chi connectivity index (χ1) is 49.4. The van der Waals surface area contributed by atoms with Crippen molar-refractivity contribution in [2.75, 3.05) is 39.6 Å². The van der Waals surface area contributed by atoms with Crippen molar-refractivity contribution in [2.24, 2.45) is 11.8 Å². The molecular weight excluding hydrogens is 1330 g/mol. The molecular formula is C83H162O17P2. The summed E-state index contributed by atoms with van der Waals surface area (Å²) in [5, 5.41) is 10.7. The fourth-order valence-corrected chi connectivity index (χ4v) is 14.4. The molecule has 3 N–H and O–H groups in total. The molecule has 0 aliphatic carbocycles. The molecule has 0 aliphatic heterocycles. The van der Waals surface area contributed by atoms with Crippen molar-refractivity contribution in [1.82, 2.24) is 0 Å². The van der Waals surface area contributed by atoms with Crippen molar-refractivity contribution in [2.45, 2.75) is 458 Å². The van der Waals surface area contributed by atoms with Crippen LogP contribution < -0.4 is 0 Å². The molecule has 0 spiro atoms. The highest BCUT2D eigenvalue weighted by Gasteiger charge is 2.30. The smallest absolute Gasteiger partial charge is 0.462 e. The van der Waals surface area contributed by atoms with Crippen LogP contribution in [0, 0.1) is 11.8 Å². The molecule has 6 atom stereocenters. The number of phosphoric ester groups is 2. The third-order valence-electron chi connectivity index (χ3n) is 19.8. The van der Waals surface area contributed by atoms with Gasteiger partial charge < -0.3 is 33.8 Å². The molecule has 3 unspecified atom stereocenters. The van der Waals surface area contributed by atoms with Crippen LogP contribution in [0.25, 0.3) is 0 Å². The van der Waals surface area contributed by atoms with Gasteiger partial charge in [0.15, 0.2) is 12.2 Å². The number of aliphatic hydroxyl groups is 1. The summed E-state index contributed by atoms with van der Waals surface area (Å²) >= 11 is 0. The maximum absolute atomic E-state index is 13.1.